The van der Waals surface area contributed by atoms with Gasteiger partial charge in [-0.15, -0.1) is 0 Å². The lowest BCUT2D eigenvalue weighted by Crippen LogP contribution is -1.92. The molecule has 102 valence electrons. The highest BCUT2D eigenvalue weighted by Gasteiger charge is 2.22. The predicted molar refractivity (Wildman–Crippen MR) is 88.0 cm³/mol. The highest BCUT2D eigenvalue weighted by molar-refractivity contribution is 5.98. The van der Waals surface area contributed by atoms with Crippen LogP contribution in [-0.2, 0) is 6.42 Å². The molecule has 0 aliphatic heterocycles. The molecular weight excluding hydrogens is 240 g/mol. The zero-order valence-corrected chi connectivity index (χ0v) is 13.1. The molecule has 20 heavy (non-hydrogen) atoms. The van der Waals surface area contributed by atoms with E-state index in [2.05, 4.69) is 65.0 Å². The molecule has 0 spiro atoms. The van der Waals surface area contributed by atoms with Gasteiger partial charge < -0.3 is 0 Å². The molecule has 0 radical (unpaired) electrons. The summed E-state index contributed by atoms with van der Waals surface area (Å²) in [6.07, 6.45) is 1.08. The molecule has 1 aliphatic carbocycles. The molecule has 0 unspecified atom stereocenters. The van der Waals surface area contributed by atoms with E-state index in [0.29, 0.717) is 0 Å². The number of hydrogen-bond acceptors (Lipinski definition) is 0. The van der Waals surface area contributed by atoms with Crippen molar-refractivity contribution in [1.29, 1.82) is 0 Å². The fourth-order valence-electron chi connectivity index (χ4n) is 3.39. The Hall–Kier alpha value is -1.82. The molecule has 0 bridgehead atoms. The number of hydrogen-bond donors (Lipinski definition) is 0. The van der Waals surface area contributed by atoms with Crippen LogP contribution < -0.4 is 0 Å². The maximum Gasteiger partial charge on any atom is -0.00107 e. The van der Waals surface area contributed by atoms with E-state index < -0.39 is 0 Å². The van der Waals surface area contributed by atoms with Crippen LogP contribution in [0.2, 0.25) is 0 Å². The Bertz CT molecular complexity index is 730. The van der Waals surface area contributed by atoms with Crippen LogP contribution in [0.25, 0.3) is 11.1 Å². The first-order chi connectivity index (χ1) is 9.50. The van der Waals surface area contributed by atoms with Crippen molar-refractivity contribution >= 4 is 11.1 Å². The van der Waals surface area contributed by atoms with Gasteiger partial charge in [0.25, 0.3) is 0 Å². The lowest BCUT2D eigenvalue weighted by molar-refractivity contribution is 1.23. The highest BCUT2D eigenvalue weighted by atomic mass is 14.3. The molecule has 0 amide bonds. The molecule has 2 aromatic carbocycles. The average molecular weight is 262 g/mol. The second-order valence-corrected chi connectivity index (χ2v) is 6.07. The third kappa shape index (κ3) is 1.83. The Kier molecular flexibility index (Phi) is 3.05. The summed E-state index contributed by atoms with van der Waals surface area (Å²) in [7, 11) is 0. The van der Waals surface area contributed by atoms with Crippen molar-refractivity contribution in [2.45, 2.75) is 41.0 Å². The largest absolute Gasteiger partial charge is 0.0614 e. The van der Waals surface area contributed by atoms with Gasteiger partial charge in [-0.25, -0.2) is 0 Å². The SMILES string of the molecule is CC1=C(c2cccc(C)c2C)Cc2ccc(C)c(C)c21. The number of aryl methyl sites for hydroxylation is 2. The summed E-state index contributed by atoms with van der Waals surface area (Å²) in [6.45, 7) is 11.2. The van der Waals surface area contributed by atoms with Crippen LogP contribution >= 0.6 is 0 Å². The Balaban J connectivity index is 2.21. The summed E-state index contributed by atoms with van der Waals surface area (Å²) in [5, 5.41) is 0. The lowest BCUT2D eigenvalue weighted by Gasteiger charge is -2.11. The third-order valence-corrected chi connectivity index (χ3v) is 4.95. The monoisotopic (exact) mass is 262 g/mol. The van der Waals surface area contributed by atoms with Crippen LogP contribution in [0.15, 0.2) is 30.3 Å². The van der Waals surface area contributed by atoms with Crippen molar-refractivity contribution in [1.82, 2.24) is 0 Å². The van der Waals surface area contributed by atoms with E-state index in [4.69, 9.17) is 0 Å². The number of rotatable bonds is 1. The molecule has 0 N–H and O–H groups in total. The normalized spacial score (nSPS) is 13.8. The first kappa shape index (κ1) is 13.2. The summed E-state index contributed by atoms with van der Waals surface area (Å²) in [5.41, 5.74) is 13.0. The van der Waals surface area contributed by atoms with Crippen molar-refractivity contribution < 1.29 is 0 Å². The fourth-order valence-corrected chi connectivity index (χ4v) is 3.39. The number of fused-ring (bicyclic) bond motifs is 1. The minimum absolute atomic E-state index is 1.08. The minimum atomic E-state index is 1.08. The van der Waals surface area contributed by atoms with Gasteiger partial charge in [-0.3, -0.25) is 0 Å². The molecular formula is C20H22. The van der Waals surface area contributed by atoms with Gasteiger partial charge in [-0.2, -0.15) is 0 Å². The molecule has 3 rings (SSSR count). The van der Waals surface area contributed by atoms with Crippen LogP contribution in [0, 0.1) is 27.7 Å². The van der Waals surface area contributed by atoms with E-state index in [9.17, 15) is 0 Å². The number of benzene rings is 2. The van der Waals surface area contributed by atoms with Crippen molar-refractivity contribution in [2.24, 2.45) is 0 Å². The highest BCUT2D eigenvalue weighted by Crippen LogP contribution is 2.41. The van der Waals surface area contributed by atoms with Gasteiger partial charge in [0.05, 0.1) is 0 Å². The van der Waals surface area contributed by atoms with Crippen LogP contribution in [-0.4, -0.2) is 0 Å². The summed E-state index contributed by atoms with van der Waals surface area (Å²) < 4.78 is 0. The van der Waals surface area contributed by atoms with Crippen LogP contribution in [0.1, 0.15) is 45.9 Å². The molecule has 0 fully saturated rings. The van der Waals surface area contributed by atoms with Crippen molar-refractivity contribution in [3.05, 3.63) is 69.3 Å². The molecule has 0 saturated carbocycles. The Morgan fingerprint density at radius 1 is 0.750 bits per heavy atom. The van der Waals surface area contributed by atoms with Crippen molar-refractivity contribution in [3.8, 4) is 0 Å². The molecule has 0 aromatic heterocycles. The van der Waals surface area contributed by atoms with Gasteiger partial charge in [0.2, 0.25) is 0 Å². The van der Waals surface area contributed by atoms with Crippen LogP contribution in [0.5, 0.6) is 0 Å². The van der Waals surface area contributed by atoms with Crippen molar-refractivity contribution in [3.63, 3.8) is 0 Å². The molecule has 0 heteroatoms. The molecule has 1 aliphatic rings. The van der Waals surface area contributed by atoms with E-state index in [-0.39, 0.29) is 0 Å². The molecule has 0 saturated heterocycles. The maximum absolute atomic E-state index is 2.30. The molecule has 0 nitrogen and oxygen atoms in total. The quantitative estimate of drug-likeness (QED) is 0.645. The first-order valence-corrected chi connectivity index (χ1v) is 7.36. The van der Waals surface area contributed by atoms with Gasteiger partial charge in [0, 0.05) is 0 Å². The topological polar surface area (TPSA) is 0 Å². The van der Waals surface area contributed by atoms with E-state index in [1.165, 1.54) is 50.1 Å². The second-order valence-electron chi connectivity index (χ2n) is 6.07. The maximum atomic E-state index is 2.30. The van der Waals surface area contributed by atoms with Gasteiger partial charge in [-0.05, 0) is 91.1 Å². The average Bonchev–Trinajstić information content (AvgIpc) is 2.75. The number of allylic oxidation sites excluding steroid dienone is 2. The standard InChI is InChI=1S/C20H22/c1-12-7-6-8-18(14(12)3)19-11-17-10-9-13(2)15(4)20(17)16(19)5/h6-10H,11H2,1-5H3. The van der Waals surface area contributed by atoms with E-state index >= 15 is 0 Å². The van der Waals surface area contributed by atoms with Gasteiger partial charge in [0.1, 0.15) is 0 Å². The summed E-state index contributed by atoms with van der Waals surface area (Å²) in [4.78, 5) is 0. The van der Waals surface area contributed by atoms with E-state index in [1.807, 2.05) is 0 Å². The Morgan fingerprint density at radius 3 is 2.20 bits per heavy atom. The summed E-state index contributed by atoms with van der Waals surface area (Å²) >= 11 is 0. The van der Waals surface area contributed by atoms with Gasteiger partial charge in [0.15, 0.2) is 0 Å². The minimum Gasteiger partial charge on any atom is -0.0614 e. The lowest BCUT2D eigenvalue weighted by atomic mass is 9.94. The first-order valence-electron chi connectivity index (χ1n) is 7.36. The van der Waals surface area contributed by atoms with Gasteiger partial charge >= 0.3 is 0 Å². The fraction of sp³-hybridized carbons (Fsp3) is 0.300. The molecule has 0 heterocycles. The molecule has 2 aromatic rings. The van der Waals surface area contributed by atoms with Crippen LogP contribution in [0.4, 0.5) is 0 Å². The van der Waals surface area contributed by atoms with Crippen molar-refractivity contribution in [2.75, 3.05) is 0 Å². The van der Waals surface area contributed by atoms with E-state index in [1.54, 1.807) is 0 Å². The second kappa shape index (κ2) is 4.63. The van der Waals surface area contributed by atoms with Crippen LogP contribution in [0.3, 0.4) is 0 Å². The summed E-state index contributed by atoms with van der Waals surface area (Å²) in [5.74, 6) is 0. The Labute approximate surface area is 122 Å². The molecule has 0 atom stereocenters. The van der Waals surface area contributed by atoms with E-state index in [0.717, 1.165) is 6.42 Å². The third-order valence-electron chi connectivity index (χ3n) is 4.95. The predicted octanol–water partition coefficient (Wildman–Crippen LogP) is 5.41. The van der Waals surface area contributed by atoms with Gasteiger partial charge in [-0.1, -0.05) is 30.3 Å². The smallest absolute Gasteiger partial charge is 0.00107 e. The zero-order chi connectivity index (χ0) is 14.4. The summed E-state index contributed by atoms with van der Waals surface area (Å²) in [6, 6.07) is 11.2. The Morgan fingerprint density at radius 2 is 1.45 bits per heavy atom. The zero-order valence-electron chi connectivity index (χ0n) is 13.1.